The predicted molar refractivity (Wildman–Crippen MR) is 87.9 cm³/mol. The highest BCUT2D eigenvalue weighted by molar-refractivity contribution is 7.80. The van der Waals surface area contributed by atoms with Crippen LogP contribution >= 0.6 is 12.2 Å². The maximum Gasteiger partial charge on any atom is 0.269 e. The van der Waals surface area contributed by atoms with Gasteiger partial charge in [-0.25, -0.2) is 0 Å². The summed E-state index contributed by atoms with van der Waals surface area (Å²) < 4.78 is 0. The van der Waals surface area contributed by atoms with E-state index in [2.05, 4.69) is 26.0 Å². The Kier molecular flexibility index (Phi) is 5.73. The molecule has 0 unspecified atom stereocenters. The fourth-order valence-electron chi connectivity index (χ4n) is 1.61. The molecule has 1 aromatic heterocycles. The van der Waals surface area contributed by atoms with Gasteiger partial charge in [-0.2, -0.15) is 4.80 Å². The minimum absolute atomic E-state index is 0.124. The van der Waals surface area contributed by atoms with Crippen molar-refractivity contribution in [1.82, 2.24) is 25.5 Å². The number of tetrazole rings is 1. The molecule has 2 N–H and O–H groups in total. The van der Waals surface area contributed by atoms with E-state index in [-0.39, 0.29) is 17.0 Å². The van der Waals surface area contributed by atoms with Gasteiger partial charge < -0.3 is 0 Å². The van der Waals surface area contributed by atoms with Crippen LogP contribution in [0.1, 0.15) is 18.9 Å². The van der Waals surface area contributed by atoms with Crippen molar-refractivity contribution in [2.45, 2.75) is 19.9 Å². The Hall–Kier alpha value is -2.61. The lowest BCUT2D eigenvalue weighted by Crippen LogP contribution is -2.33. The molecule has 1 heterocycles. The number of benzene rings is 1. The fraction of sp³-hybridized carbons (Fsp3) is 0.214. The lowest BCUT2D eigenvalue weighted by atomic mass is 10.2. The van der Waals surface area contributed by atoms with Gasteiger partial charge in [-0.05, 0) is 35.5 Å². The van der Waals surface area contributed by atoms with Crippen molar-refractivity contribution in [2.75, 3.05) is 5.32 Å². The van der Waals surface area contributed by atoms with Crippen LogP contribution in [-0.4, -0.2) is 31.2 Å². The van der Waals surface area contributed by atoms with E-state index in [0.717, 1.165) is 12.0 Å². The Labute approximate surface area is 133 Å². The third-order valence-electron chi connectivity index (χ3n) is 2.57. The minimum Gasteiger partial charge on any atom is -0.299 e. The van der Waals surface area contributed by atoms with Crippen LogP contribution in [0.25, 0.3) is 6.08 Å². The zero-order valence-electron chi connectivity index (χ0n) is 12.1. The molecule has 7 nitrogen and oxygen atoms in total. The molecule has 0 saturated heterocycles. The van der Waals surface area contributed by atoms with Gasteiger partial charge in [0.15, 0.2) is 5.11 Å². The molecule has 0 radical (unpaired) electrons. The Balaban J connectivity index is 1.83. The number of nitrogens with zero attached hydrogens (tertiary/aromatic N) is 4. The first-order valence-electron chi connectivity index (χ1n) is 6.80. The summed E-state index contributed by atoms with van der Waals surface area (Å²) in [6.07, 6.45) is 4.01. The highest BCUT2D eigenvalue weighted by Crippen LogP contribution is 2.00. The van der Waals surface area contributed by atoms with E-state index in [4.69, 9.17) is 12.2 Å². The summed E-state index contributed by atoms with van der Waals surface area (Å²) in [4.78, 5) is 13.2. The maximum absolute atomic E-state index is 11.7. The van der Waals surface area contributed by atoms with Gasteiger partial charge >= 0.3 is 0 Å². The number of amides is 1. The van der Waals surface area contributed by atoms with E-state index in [9.17, 15) is 4.79 Å². The zero-order chi connectivity index (χ0) is 15.8. The smallest absolute Gasteiger partial charge is 0.269 e. The van der Waals surface area contributed by atoms with Gasteiger partial charge in [-0.3, -0.25) is 15.4 Å². The molecule has 0 aliphatic heterocycles. The average Bonchev–Trinajstić information content (AvgIpc) is 2.93. The summed E-state index contributed by atoms with van der Waals surface area (Å²) in [5, 5.41) is 17.0. The van der Waals surface area contributed by atoms with Crippen LogP contribution in [-0.2, 0) is 11.3 Å². The summed E-state index contributed by atoms with van der Waals surface area (Å²) in [6.45, 7) is 2.69. The second-order valence-corrected chi connectivity index (χ2v) is 4.80. The Morgan fingerprint density at radius 2 is 2.14 bits per heavy atom. The standard InChI is InChI=1S/C14H16N6OS/c1-2-10-20-18-13(17-19-20)16-14(22)15-12(21)9-8-11-6-4-3-5-7-11/h3-9H,2,10H2,1H3,(H2,15,16,18,21,22)/b9-8-. The van der Waals surface area contributed by atoms with Crippen molar-refractivity contribution in [3.8, 4) is 0 Å². The Morgan fingerprint density at radius 1 is 1.36 bits per heavy atom. The monoisotopic (exact) mass is 316 g/mol. The van der Waals surface area contributed by atoms with E-state index in [1.54, 1.807) is 6.08 Å². The van der Waals surface area contributed by atoms with Gasteiger partial charge in [0, 0.05) is 6.08 Å². The highest BCUT2D eigenvalue weighted by Gasteiger charge is 2.06. The van der Waals surface area contributed by atoms with Crippen LogP contribution < -0.4 is 10.6 Å². The molecule has 0 atom stereocenters. The molecule has 0 aliphatic rings. The Morgan fingerprint density at radius 3 is 2.86 bits per heavy atom. The molecule has 1 amide bonds. The van der Waals surface area contributed by atoms with Crippen LogP contribution in [0.15, 0.2) is 36.4 Å². The number of rotatable bonds is 5. The van der Waals surface area contributed by atoms with Gasteiger partial charge in [0.05, 0.1) is 6.54 Å². The van der Waals surface area contributed by atoms with E-state index in [1.165, 1.54) is 10.9 Å². The molecule has 0 saturated carbocycles. The molecule has 2 rings (SSSR count). The molecule has 1 aromatic carbocycles. The number of nitrogens with one attached hydrogen (secondary N) is 2. The molecule has 0 spiro atoms. The number of thiocarbonyl (C=S) groups is 1. The lowest BCUT2D eigenvalue weighted by Gasteiger charge is -2.03. The highest BCUT2D eigenvalue weighted by atomic mass is 32.1. The summed E-state index contributed by atoms with van der Waals surface area (Å²) in [5.74, 6) is -0.0758. The van der Waals surface area contributed by atoms with E-state index in [0.29, 0.717) is 6.54 Å². The van der Waals surface area contributed by atoms with Crippen molar-refractivity contribution < 1.29 is 4.79 Å². The van der Waals surface area contributed by atoms with Crippen LogP contribution in [0.5, 0.6) is 0 Å². The van der Waals surface area contributed by atoms with Gasteiger partial charge in [-0.1, -0.05) is 42.4 Å². The summed E-state index contributed by atoms with van der Waals surface area (Å²) in [5.41, 5.74) is 0.931. The second kappa shape index (κ2) is 7.99. The number of hydrogen-bond donors (Lipinski definition) is 2. The first-order chi connectivity index (χ1) is 10.7. The number of anilines is 1. The summed E-state index contributed by atoms with van der Waals surface area (Å²) in [7, 11) is 0. The molecule has 0 aliphatic carbocycles. The van der Waals surface area contributed by atoms with Crippen molar-refractivity contribution in [2.24, 2.45) is 0 Å². The SMILES string of the molecule is CCCn1nnc(NC(=S)NC(=O)/C=C\c2ccccc2)n1. The predicted octanol–water partition coefficient (Wildman–Crippen LogP) is 1.61. The van der Waals surface area contributed by atoms with Gasteiger partial charge in [-0.15, -0.1) is 5.10 Å². The number of carbonyl (C=O) groups excluding carboxylic acids is 1. The van der Waals surface area contributed by atoms with Crippen LogP contribution in [0.4, 0.5) is 5.95 Å². The van der Waals surface area contributed by atoms with Gasteiger partial charge in [0.1, 0.15) is 0 Å². The van der Waals surface area contributed by atoms with Crippen LogP contribution in [0.2, 0.25) is 0 Å². The maximum atomic E-state index is 11.7. The van der Waals surface area contributed by atoms with Gasteiger partial charge in [0.25, 0.3) is 5.95 Å². The quantitative estimate of drug-likeness (QED) is 0.644. The second-order valence-electron chi connectivity index (χ2n) is 4.40. The topological polar surface area (TPSA) is 84.7 Å². The number of hydrogen-bond acceptors (Lipinski definition) is 5. The summed E-state index contributed by atoms with van der Waals surface area (Å²) >= 11 is 5.02. The zero-order valence-corrected chi connectivity index (χ0v) is 12.9. The minimum atomic E-state index is -0.331. The molecule has 8 heteroatoms. The van der Waals surface area contributed by atoms with E-state index >= 15 is 0 Å². The Bertz CT molecular complexity index is 667. The average molecular weight is 316 g/mol. The first kappa shape index (κ1) is 15.8. The molecular weight excluding hydrogens is 300 g/mol. The molecule has 114 valence electrons. The number of carbonyl (C=O) groups is 1. The van der Waals surface area contributed by atoms with Crippen LogP contribution in [0.3, 0.4) is 0 Å². The van der Waals surface area contributed by atoms with Crippen LogP contribution in [0, 0.1) is 0 Å². The molecule has 22 heavy (non-hydrogen) atoms. The lowest BCUT2D eigenvalue weighted by molar-refractivity contribution is -0.115. The molecule has 0 bridgehead atoms. The van der Waals surface area contributed by atoms with Crippen molar-refractivity contribution in [3.63, 3.8) is 0 Å². The third kappa shape index (κ3) is 5.06. The summed E-state index contributed by atoms with van der Waals surface area (Å²) in [6, 6.07) is 9.51. The van der Waals surface area contributed by atoms with Gasteiger partial charge in [0.2, 0.25) is 5.91 Å². The first-order valence-corrected chi connectivity index (χ1v) is 7.21. The molecular formula is C14H16N6OS. The normalized spacial score (nSPS) is 10.6. The fourth-order valence-corrected chi connectivity index (χ4v) is 1.80. The van der Waals surface area contributed by atoms with Crippen molar-refractivity contribution in [1.29, 1.82) is 0 Å². The van der Waals surface area contributed by atoms with Crippen molar-refractivity contribution >= 4 is 35.3 Å². The largest absolute Gasteiger partial charge is 0.299 e. The number of aryl methyl sites for hydroxylation is 1. The van der Waals surface area contributed by atoms with E-state index in [1.807, 2.05) is 37.3 Å². The number of aromatic nitrogens is 4. The molecule has 0 fully saturated rings. The third-order valence-corrected chi connectivity index (χ3v) is 2.77. The molecule has 2 aromatic rings. The van der Waals surface area contributed by atoms with Crippen molar-refractivity contribution in [3.05, 3.63) is 42.0 Å². The van der Waals surface area contributed by atoms with E-state index < -0.39 is 0 Å².